The van der Waals surface area contributed by atoms with Crippen molar-refractivity contribution in [2.75, 3.05) is 13.7 Å². The van der Waals surface area contributed by atoms with Crippen LogP contribution < -0.4 is 14.2 Å². The number of rotatable bonds is 6. The van der Waals surface area contributed by atoms with Gasteiger partial charge in [0, 0.05) is 5.56 Å². The fraction of sp³-hybridized carbons (Fsp3) is 0.115. The number of esters is 2. The molecule has 4 rings (SSSR count). The van der Waals surface area contributed by atoms with Gasteiger partial charge in [0.1, 0.15) is 11.5 Å². The van der Waals surface area contributed by atoms with Crippen LogP contribution in [0.15, 0.2) is 42.2 Å². The summed E-state index contributed by atoms with van der Waals surface area (Å²) in [5.41, 5.74) is 1.23. The molecule has 7 nitrogen and oxygen atoms in total. The predicted molar refractivity (Wildman–Crippen MR) is 119 cm³/mol. The Labute approximate surface area is 211 Å². The van der Waals surface area contributed by atoms with E-state index >= 15 is 0 Å². The van der Waals surface area contributed by atoms with Crippen LogP contribution >= 0.6 is 0 Å². The molecule has 1 aliphatic heterocycles. The zero-order valence-electron chi connectivity index (χ0n) is 19.5. The Morgan fingerprint density at radius 2 is 1.50 bits per heavy atom. The van der Waals surface area contributed by atoms with E-state index < -0.39 is 59.2 Å². The van der Waals surface area contributed by atoms with Crippen molar-refractivity contribution < 1.29 is 55.3 Å². The first-order valence-electron chi connectivity index (χ1n) is 10.6. The number of carbonyl (C=O) groups is 3. The fourth-order valence-electron chi connectivity index (χ4n) is 3.46. The maximum atomic E-state index is 13.7. The fourth-order valence-corrected chi connectivity index (χ4v) is 3.46. The van der Waals surface area contributed by atoms with Crippen LogP contribution in [0.25, 0.3) is 6.08 Å². The molecule has 0 N–H and O–H groups in total. The molecule has 0 aliphatic carbocycles. The number of hydrogen-bond donors (Lipinski definition) is 0. The summed E-state index contributed by atoms with van der Waals surface area (Å²) in [5.74, 6) is -15.2. The molecule has 0 unspecified atom stereocenters. The second-order valence-corrected chi connectivity index (χ2v) is 7.78. The van der Waals surface area contributed by atoms with Gasteiger partial charge in [0.2, 0.25) is 34.9 Å². The van der Waals surface area contributed by atoms with Crippen molar-refractivity contribution >= 4 is 23.8 Å². The third kappa shape index (κ3) is 4.80. The third-order valence-corrected chi connectivity index (χ3v) is 5.39. The summed E-state index contributed by atoms with van der Waals surface area (Å²) >= 11 is 0. The number of hydrogen-bond acceptors (Lipinski definition) is 7. The maximum absolute atomic E-state index is 13.7. The summed E-state index contributed by atoms with van der Waals surface area (Å²) in [6, 6.07) is 8.73. The first-order valence-corrected chi connectivity index (χ1v) is 10.6. The van der Waals surface area contributed by atoms with Crippen LogP contribution in [0.2, 0.25) is 0 Å². The van der Waals surface area contributed by atoms with Crippen molar-refractivity contribution in [2.45, 2.75) is 6.92 Å². The molecule has 0 bridgehead atoms. The van der Waals surface area contributed by atoms with Gasteiger partial charge in [-0.2, -0.15) is 8.78 Å². The highest BCUT2D eigenvalue weighted by molar-refractivity contribution is 6.15. The molecule has 12 heteroatoms. The zero-order chi connectivity index (χ0) is 27.7. The van der Waals surface area contributed by atoms with E-state index in [1.165, 1.54) is 44.4 Å². The van der Waals surface area contributed by atoms with E-state index in [0.29, 0.717) is 11.1 Å². The Balaban J connectivity index is 1.48. The van der Waals surface area contributed by atoms with Crippen LogP contribution in [0.4, 0.5) is 22.0 Å². The molecule has 0 radical (unpaired) electrons. The van der Waals surface area contributed by atoms with E-state index in [0.717, 1.165) is 0 Å². The lowest BCUT2D eigenvalue weighted by Crippen LogP contribution is -2.20. The highest BCUT2D eigenvalue weighted by atomic mass is 19.2. The normalized spacial score (nSPS) is 13.2. The summed E-state index contributed by atoms with van der Waals surface area (Å²) in [6.07, 6.45) is 1.44. The number of benzene rings is 3. The molecule has 0 saturated heterocycles. The third-order valence-electron chi connectivity index (χ3n) is 5.39. The average molecular weight is 534 g/mol. The second kappa shape index (κ2) is 10.3. The first-order chi connectivity index (χ1) is 18.0. The molecular formula is C26H15F5O7. The van der Waals surface area contributed by atoms with Gasteiger partial charge in [0.25, 0.3) is 0 Å². The lowest BCUT2D eigenvalue weighted by atomic mass is 10.1. The molecule has 3 aromatic rings. The van der Waals surface area contributed by atoms with Gasteiger partial charge in [0.05, 0.1) is 18.2 Å². The van der Waals surface area contributed by atoms with Gasteiger partial charge in [-0.05, 0) is 42.8 Å². The number of halogens is 5. The molecule has 1 aliphatic rings. The molecule has 0 saturated carbocycles. The van der Waals surface area contributed by atoms with Gasteiger partial charge in [-0.1, -0.05) is 12.1 Å². The number of Topliss-reactive ketones (excluding diaryl/α,β-unsaturated/α-hetero) is 1. The summed E-state index contributed by atoms with van der Waals surface area (Å²) in [4.78, 5) is 36.5. The molecule has 3 aromatic carbocycles. The first kappa shape index (κ1) is 26.3. The summed E-state index contributed by atoms with van der Waals surface area (Å²) in [7, 11) is 1.24. The zero-order valence-corrected chi connectivity index (χ0v) is 19.5. The Morgan fingerprint density at radius 1 is 0.895 bits per heavy atom. The van der Waals surface area contributed by atoms with Crippen molar-refractivity contribution in [3.8, 4) is 17.2 Å². The van der Waals surface area contributed by atoms with Crippen LogP contribution in [0, 0.1) is 36.0 Å². The van der Waals surface area contributed by atoms with Crippen molar-refractivity contribution in [1.29, 1.82) is 0 Å². The summed E-state index contributed by atoms with van der Waals surface area (Å²) < 4.78 is 87.0. The van der Waals surface area contributed by atoms with Crippen molar-refractivity contribution in [2.24, 2.45) is 0 Å². The van der Waals surface area contributed by atoms with Crippen LogP contribution in [0.1, 0.15) is 31.8 Å². The quantitative estimate of drug-likeness (QED) is 0.109. The summed E-state index contributed by atoms with van der Waals surface area (Å²) in [5, 5.41) is 0. The molecule has 0 spiro atoms. The number of methoxy groups -OCH3 is 1. The highest BCUT2D eigenvalue weighted by Crippen LogP contribution is 2.39. The Morgan fingerprint density at radius 3 is 2.11 bits per heavy atom. The molecule has 0 atom stereocenters. The maximum Gasteiger partial charge on any atom is 0.349 e. The number of ether oxygens (including phenoxy) is 4. The monoisotopic (exact) mass is 534 g/mol. The minimum Gasteiger partial charge on any atom is -0.476 e. The molecule has 1 heterocycles. The van der Waals surface area contributed by atoms with Crippen molar-refractivity contribution in [1.82, 2.24) is 0 Å². The van der Waals surface area contributed by atoms with Crippen molar-refractivity contribution in [3.63, 3.8) is 0 Å². The number of ketones is 1. The molecule has 0 aromatic heterocycles. The predicted octanol–water partition coefficient (Wildman–Crippen LogP) is 5.08. The Kier molecular flexibility index (Phi) is 7.15. The molecule has 0 amide bonds. The van der Waals surface area contributed by atoms with Gasteiger partial charge in [-0.15, -0.1) is 0 Å². The van der Waals surface area contributed by atoms with E-state index in [-0.39, 0.29) is 28.4 Å². The second-order valence-electron chi connectivity index (χ2n) is 7.78. The molecule has 38 heavy (non-hydrogen) atoms. The van der Waals surface area contributed by atoms with E-state index in [2.05, 4.69) is 9.47 Å². The topological polar surface area (TPSA) is 88.1 Å². The van der Waals surface area contributed by atoms with Gasteiger partial charge >= 0.3 is 11.9 Å². The van der Waals surface area contributed by atoms with Crippen LogP contribution in [0.3, 0.4) is 0 Å². The molecule has 196 valence electrons. The number of carbonyl (C=O) groups excluding carboxylic acids is 3. The Bertz CT molecular complexity index is 1480. The van der Waals surface area contributed by atoms with Gasteiger partial charge < -0.3 is 18.9 Å². The average Bonchev–Trinajstić information content (AvgIpc) is 3.23. The van der Waals surface area contributed by atoms with E-state index in [9.17, 15) is 36.3 Å². The van der Waals surface area contributed by atoms with E-state index in [4.69, 9.17) is 9.47 Å². The Hall–Kier alpha value is -4.74. The van der Waals surface area contributed by atoms with Crippen LogP contribution in [-0.4, -0.2) is 31.4 Å². The van der Waals surface area contributed by atoms with Crippen LogP contribution in [0.5, 0.6) is 17.2 Å². The SMILES string of the molecule is COC(=O)c1ccc(/C=C2\Oc3c(ccc(OC(=O)COc4c(F)c(F)c(F)c(F)c4F)c3C)C2=O)cc1. The molecular weight excluding hydrogens is 519 g/mol. The largest absolute Gasteiger partial charge is 0.476 e. The van der Waals surface area contributed by atoms with Crippen molar-refractivity contribution in [3.05, 3.63) is 93.5 Å². The van der Waals surface area contributed by atoms with E-state index in [1.54, 1.807) is 12.1 Å². The van der Waals surface area contributed by atoms with Gasteiger partial charge in [0.15, 0.2) is 18.1 Å². The summed E-state index contributed by atoms with van der Waals surface area (Å²) in [6.45, 7) is 0.273. The van der Waals surface area contributed by atoms with E-state index in [1.807, 2.05) is 0 Å². The smallest absolute Gasteiger partial charge is 0.349 e. The van der Waals surface area contributed by atoms with Crippen LogP contribution in [-0.2, 0) is 9.53 Å². The lowest BCUT2D eigenvalue weighted by molar-refractivity contribution is -0.136. The number of fused-ring (bicyclic) bond motifs is 1. The van der Waals surface area contributed by atoms with Gasteiger partial charge in [-0.25, -0.2) is 22.8 Å². The number of allylic oxidation sites excluding steroid dienone is 1. The van der Waals surface area contributed by atoms with Gasteiger partial charge in [-0.3, -0.25) is 4.79 Å². The standard InChI is InChI=1S/C26H15F5O7/c1-11-15(37-17(32)10-36-25-21(30)19(28)18(27)20(29)22(25)31)8-7-14-23(33)16(38-24(11)14)9-12-3-5-13(6-4-12)26(34)35-2/h3-9H,10H2,1-2H3/b16-9-. The lowest BCUT2D eigenvalue weighted by Gasteiger charge is -2.12. The molecule has 0 fully saturated rings. The highest BCUT2D eigenvalue weighted by Gasteiger charge is 2.31. The minimum atomic E-state index is -2.37. The minimum absolute atomic E-state index is 0.0490.